The quantitative estimate of drug-likeness (QED) is 0.299. The molecule has 1 aromatic heterocycles. The molecule has 6 nitrogen and oxygen atoms in total. The van der Waals surface area contributed by atoms with E-state index in [0.717, 1.165) is 68.9 Å². The van der Waals surface area contributed by atoms with Crippen molar-refractivity contribution < 1.29 is 4.74 Å². The Bertz CT molecular complexity index is 760. The molecule has 1 fully saturated rings. The van der Waals surface area contributed by atoms with Gasteiger partial charge in [-0.05, 0) is 44.0 Å². The summed E-state index contributed by atoms with van der Waals surface area (Å²) in [4.78, 5) is 10.5. The summed E-state index contributed by atoms with van der Waals surface area (Å²) in [7, 11) is 0. The van der Waals surface area contributed by atoms with Gasteiger partial charge in [0.1, 0.15) is 0 Å². The molecule has 1 unspecified atom stereocenters. The van der Waals surface area contributed by atoms with Gasteiger partial charge in [-0.2, -0.15) is 0 Å². The molecule has 1 atom stereocenters. The Morgan fingerprint density at radius 2 is 2.11 bits per heavy atom. The van der Waals surface area contributed by atoms with E-state index in [9.17, 15) is 0 Å². The number of benzene rings is 1. The third kappa shape index (κ3) is 6.50. The van der Waals surface area contributed by atoms with Gasteiger partial charge in [-0.15, -0.1) is 24.0 Å². The topological polar surface area (TPSA) is 64.7 Å². The highest BCUT2D eigenvalue weighted by atomic mass is 127. The maximum atomic E-state index is 6.14. The SMILES string of the molecule is CCNC(=NCC(C)N1CCOCC1)NCCc1c[nH]c2ccc(Cl)cc12.I. The molecule has 1 aliphatic heterocycles. The van der Waals surface area contributed by atoms with Gasteiger partial charge in [-0.1, -0.05) is 11.6 Å². The molecule has 8 heteroatoms. The fraction of sp³-hybridized carbons (Fsp3) is 0.550. The predicted molar refractivity (Wildman–Crippen MR) is 128 cm³/mol. The minimum absolute atomic E-state index is 0. The van der Waals surface area contributed by atoms with E-state index in [-0.39, 0.29) is 24.0 Å². The number of nitrogens with one attached hydrogen (secondary N) is 3. The Hall–Kier alpha value is -1.03. The van der Waals surface area contributed by atoms with Gasteiger partial charge < -0.3 is 20.4 Å². The van der Waals surface area contributed by atoms with Gasteiger partial charge in [-0.3, -0.25) is 9.89 Å². The zero-order valence-corrected chi connectivity index (χ0v) is 19.7. The first-order valence-corrected chi connectivity index (χ1v) is 10.1. The maximum Gasteiger partial charge on any atom is 0.191 e. The maximum absolute atomic E-state index is 6.14. The van der Waals surface area contributed by atoms with Crippen molar-refractivity contribution in [3.63, 3.8) is 0 Å². The summed E-state index contributed by atoms with van der Waals surface area (Å²) in [6, 6.07) is 6.37. The first-order chi connectivity index (χ1) is 13.2. The molecule has 0 radical (unpaired) electrons. The largest absolute Gasteiger partial charge is 0.379 e. The van der Waals surface area contributed by atoms with Crippen LogP contribution in [0.1, 0.15) is 19.4 Å². The lowest BCUT2D eigenvalue weighted by atomic mass is 10.1. The molecule has 0 amide bonds. The van der Waals surface area contributed by atoms with Crippen LogP contribution < -0.4 is 10.6 Å². The van der Waals surface area contributed by atoms with E-state index < -0.39 is 0 Å². The van der Waals surface area contributed by atoms with Gasteiger partial charge in [0.25, 0.3) is 0 Å². The standard InChI is InChI=1S/C20H30ClN5O.HI/c1-3-22-20(25-13-15(2)26-8-10-27-11-9-26)23-7-6-16-14-24-19-5-4-17(21)12-18(16)19;/h4-5,12,14-15,24H,3,6-11,13H2,1-2H3,(H2,22,23,25);1H. The molecule has 3 rings (SSSR count). The lowest BCUT2D eigenvalue weighted by molar-refractivity contribution is 0.0220. The van der Waals surface area contributed by atoms with Crippen molar-refractivity contribution in [2.45, 2.75) is 26.3 Å². The van der Waals surface area contributed by atoms with Gasteiger partial charge in [-0.25, -0.2) is 0 Å². The molecule has 2 aromatic rings. The second-order valence-corrected chi connectivity index (χ2v) is 7.33. The van der Waals surface area contributed by atoms with E-state index in [1.165, 1.54) is 10.9 Å². The third-order valence-corrected chi connectivity index (χ3v) is 5.18. The second kappa shape index (κ2) is 11.8. The number of aliphatic imine (C=N–C) groups is 1. The van der Waals surface area contributed by atoms with Crippen LogP contribution in [0.15, 0.2) is 29.4 Å². The minimum atomic E-state index is 0. The van der Waals surface area contributed by atoms with Gasteiger partial charge in [0.2, 0.25) is 0 Å². The Kier molecular flexibility index (Phi) is 9.84. The van der Waals surface area contributed by atoms with Crippen LogP contribution in [-0.4, -0.2) is 67.8 Å². The number of hydrogen-bond donors (Lipinski definition) is 3. The van der Waals surface area contributed by atoms with Gasteiger partial charge in [0.15, 0.2) is 5.96 Å². The fourth-order valence-corrected chi connectivity index (χ4v) is 3.54. The van der Waals surface area contributed by atoms with Crippen molar-refractivity contribution in [3.8, 4) is 0 Å². The van der Waals surface area contributed by atoms with E-state index in [4.69, 9.17) is 21.3 Å². The van der Waals surface area contributed by atoms with E-state index in [1.54, 1.807) is 0 Å². The van der Waals surface area contributed by atoms with Crippen LogP contribution in [0.25, 0.3) is 10.9 Å². The van der Waals surface area contributed by atoms with Crippen molar-refractivity contribution in [2.24, 2.45) is 4.99 Å². The summed E-state index contributed by atoms with van der Waals surface area (Å²) >= 11 is 6.14. The number of guanidine groups is 1. The monoisotopic (exact) mass is 519 g/mol. The van der Waals surface area contributed by atoms with Gasteiger partial charge in [0, 0.05) is 54.3 Å². The van der Waals surface area contributed by atoms with Crippen LogP contribution in [0.3, 0.4) is 0 Å². The lowest BCUT2D eigenvalue weighted by Crippen LogP contribution is -2.44. The second-order valence-electron chi connectivity index (χ2n) is 6.90. The van der Waals surface area contributed by atoms with Crippen LogP contribution in [0.2, 0.25) is 5.02 Å². The Labute approximate surface area is 189 Å². The summed E-state index contributed by atoms with van der Waals surface area (Å²) in [6.45, 7) is 10.4. The van der Waals surface area contributed by atoms with Crippen LogP contribution in [0, 0.1) is 0 Å². The van der Waals surface area contributed by atoms with Gasteiger partial charge in [0.05, 0.1) is 19.8 Å². The highest BCUT2D eigenvalue weighted by Gasteiger charge is 2.16. The summed E-state index contributed by atoms with van der Waals surface area (Å²) in [5, 5.41) is 8.73. The number of aromatic nitrogens is 1. The molecule has 28 heavy (non-hydrogen) atoms. The predicted octanol–water partition coefficient (Wildman–Crippen LogP) is 3.26. The van der Waals surface area contributed by atoms with Crippen LogP contribution >= 0.6 is 35.6 Å². The molecule has 1 aromatic carbocycles. The Balaban J connectivity index is 0.00000280. The number of rotatable bonds is 7. The van der Waals surface area contributed by atoms with Crippen molar-refractivity contribution >= 4 is 52.4 Å². The minimum Gasteiger partial charge on any atom is -0.379 e. The number of H-pyrrole nitrogens is 1. The molecule has 2 heterocycles. The average molecular weight is 520 g/mol. The number of halogens is 2. The highest BCUT2D eigenvalue weighted by molar-refractivity contribution is 14.0. The van der Waals surface area contributed by atoms with Gasteiger partial charge >= 0.3 is 0 Å². The van der Waals surface area contributed by atoms with E-state index >= 15 is 0 Å². The molecule has 0 bridgehead atoms. The normalized spacial score (nSPS) is 16.6. The average Bonchev–Trinajstić information content (AvgIpc) is 3.08. The number of fused-ring (bicyclic) bond motifs is 1. The van der Waals surface area contributed by atoms with Crippen LogP contribution in [-0.2, 0) is 11.2 Å². The van der Waals surface area contributed by atoms with Crippen molar-refractivity contribution in [3.05, 3.63) is 35.0 Å². The summed E-state index contributed by atoms with van der Waals surface area (Å²) in [6.07, 6.45) is 2.97. The van der Waals surface area contributed by atoms with Crippen molar-refractivity contribution in [1.29, 1.82) is 0 Å². The van der Waals surface area contributed by atoms with E-state index in [0.29, 0.717) is 6.04 Å². The fourth-order valence-electron chi connectivity index (χ4n) is 3.37. The number of nitrogens with zero attached hydrogens (tertiary/aromatic N) is 2. The molecule has 1 saturated heterocycles. The van der Waals surface area contributed by atoms with Crippen LogP contribution in [0.4, 0.5) is 0 Å². The molecular weight excluding hydrogens is 489 g/mol. The first-order valence-electron chi connectivity index (χ1n) is 9.77. The molecule has 1 aliphatic rings. The summed E-state index contributed by atoms with van der Waals surface area (Å²) in [5.74, 6) is 0.871. The first kappa shape index (κ1) is 23.3. The zero-order valence-electron chi connectivity index (χ0n) is 16.6. The Morgan fingerprint density at radius 3 is 2.86 bits per heavy atom. The number of ether oxygens (including phenoxy) is 1. The molecule has 0 spiro atoms. The molecule has 0 aliphatic carbocycles. The van der Waals surface area contributed by atoms with Crippen LogP contribution in [0.5, 0.6) is 0 Å². The lowest BCUT2D eigenvalue weighted by Gasteiger charge is -2.31. The summed E-state index contributed by atoms with van der Waals surface area (Å²) in [5.41, 5.74) is 2.38. The number of aromatic amines is 1. The zero-order chi connectivity index (χ0) is 19.1. The Morgan fingerprint density at radius 1 is 1.32 bits per heavy atom. The van der Waals surface area contributed by atoms with Crippen molar-refractivity contribution in [2.75, 3.05) is 45.9 Å². The smallest absolute Gasteiger partial charge is 0.191 e. The van der Waals surface area contributed by atoms with Crippen molar-refractivity contribution in [1.82, 2.24) is 20.5 Å². The molecule has 3 N–H and O–H groups in total. The molecular formula is C20H31ClIN5O. The summed E-state index contributed by atoms with van der Waals surface area (Å²) < 4.78 is 5.43. The van der Waals surface area contributed by atoms with E-state index in [1.807, 2.05) is 18.2 Å². The van der Waals surface area contributed by atoms with E-state index in [2.05, 4.69) is 40.6 Å². The number of hydrogen-bond acceptors (Lipinski definition) is 3. The highest BCUT2D eigenvalue weighted by Crippen LogP contribution is 2.22. The molecule has 156 valence electrons. The number of morpholine rings is 1. The molecule has 0 saturated carbocycles. The third-order valence-electron chi connectivity index (χ3n) is 4.94.